The Kier molecular flexibility index (Phi) is 9.74. The van der Waals surface area contributed by atoms with Crippen molar-refractivity contribution in [3.05, 3.63) is 106 Å². The van der Waals surface area contributed by atoms with Crippen LogP contribution in [0.3, 0.4) is 0 Å². The Morgan fingerprint density at radius 2 is 2.03 bits per heavy atom. The first-order valence-electron chi connectivity index (χ1n) is 10.8. The topological polar surface area (TPSA) is 80.9 Å². The standard InChI is InChI=1S/C27H32FNO5/c1-7-22(28)14-21-13-20(11-17(2)12-25(33-6)27(31)19(4)32-5)18(3)24(21)15-26(30)29-16-23-9-8-10-34-23/h7-12,14,31H,2,13,15-16H2,1,3-6H3,(H,29,30)/b20-11+,21-14+,22-7+,25-12+,27-19-. The number of aliphatic hydroxyl groups excluding tert-OH is 1. The van der Waals surface area contributed by atoms with E-state index in [4.69, 9.17) is 13.9 Å². The molecule has 1 aliphatic rings. The molecule has 2 N–H and O–H groups in total. The van der Waals surface area contributed by atoms with E-state index in [2.05, 4.69) is 11.9 Å². The maximum atomic E-state index is 14.1. The molecule has 0 saturated heterocycles. The van der Waals surface area contributed by atoms with Crippen LogP contribution in [0.4, 0.5) is 4.39 Å². The molecule has 1 heterocycles. The van der Waals surface area contributed by atoms with Crippen molar-refractivity contribution in [1.29, 1.82) is 0 Å². The van der Waals surface area contributed by atoms with Gasteiger partial charge in [-0.15, -0.1) is 0 Å². The molecular formula is C27H32FNO5. The van der Waals surface area contributed by atoms with Gasteiger partial charge >= 0.3 is 0 Å². The van der Waals surface area contributed by atoms with Gasteiger partial charge in [0.05, 0.1) is 33.4 Å². The number of carbonyl (C=O) groups excluding carboxylic acids is 1. The van der Waals surface area contributed by atoms with Crippen LogP contribution >= 0.6 is 0 Å². The molecule has 0 aromatic carbocycles. The van der Waals surface area contributed by atoms with Crippen LogP contribution in [0.2, 0.25) is 0 Å². The number of hydrogen-bond donors (Lipinski definition) is 2. The highest BCUT2D eigenvalue weighted by molar-refractivity contribution is 5.81. The fraction of sp³-hybridized carbons (Fsp3) is 0.296. The minimum Gasteiger partial charge on any atom is -0.502 e. The number of amides is 1. The molecule has 1 aromatic heterocycles. The largest absolute Gasteiger partial charge is 0.502 e. The average Bonchev–Trinajstić information content (AvgIpc) is 3.44. The second kappa shape index (κ2) is 12.5. The van der Waals surface area contributed by atoms with E-state index in [-0.39, 0.29) is 36.2 Å². The third-order valence-corrected chi connectivity index (χ3v) is 5.44. The van der Waals surface area contributed by atoms with Crippen molar-refractivity contribution >= 4 is 5.91 Å². The predicted molar refractivity (Wildman–Crippen MR) is 130 cm³/mol. The number of methoxy groups -OCH3 is 2. The number of halogens is 1. The van der Waals surface area contributed by atoms with Crippen molar-refractivity contribution in [3.8, 4) is 0 Å². The Balaban J connectivity index is 2.31. The number of hydrogen-bond acceptors (Lipinski definition) is 5. The molecule has 0 aliphatic heterocycles. The van der Waals surface area contributed by atoms with Gasteiger partial charge in [-0.3, -0.25) is 4.79 Å². The van der Waals surface area contributed by atoms with E-state index in [1.54, 1.807) is 38.3 Å². The normalized spacial score (nSPS) is 17.8. The van der Waals surface area contributed by atoms with Crippen LogP contribution < -0.4 is 5.32 Å². The van der Waals surface area contributed by atoms with Crippen LogP contribution in [0.15, 0.2) is 105 Å². The first-order valence-corrected chi connectivity index (χ1v) is 10.8. The van der Waals surface area contributed by atoms with Gasteiger partial charge in [0.1, 0.15) is 17.3 Å². The number of aliphatic hydroxyl groups is 1. The van der Waals surface area contributed by atoms with Gasteiger partial charge in [-0.25, -0.2) is 4.39 Å². The lowest BCUT2D eigenvalue weighted by Gasteiger charge is -2.09. The first-order chi connectivity index (χ1) is 16.2. The Morgan fingerprint density at radius 3 is 2.62 bits per heavy atom. The van der Waals surface area contributed by atoms with E-state index in [0.717, 1.165) is 22.3 Å². The molecule has 0 unspecified atom stereocenters. The lowest BCUT2D eigenvalue weighted by molar-refractivity contribution is -0.120. The van der Waals surface area contributed by atoms with Crippen LogP contribution in [0.25, 0.3) is 0 Å². The van der Waals surface area contributed by atoms with E-state index in [0.29, 0.717) is 23.5 Å². The third-order valence-electron chi connectivity index (χ3n) is 5.44. The molecule has 0 bridgehead atoms. The van der Waals surface area contributed by atoms with Crippen molar-refractivity contribution in [2.24, 2.45) is 0 Å². The van der Waals surface area contributed by atoms with Crippen molar-refractivity contribution in [3.63, 3.8) is 0 Å². The maximum absolute atomic E-state index is 14.1. The lowest BCUT2D eigenvalue weighted by atomic mass is 10.0. The van der Waals surface area contributed by atoms with E-state index in [1.807, 2.05) is 13.0 Å². The fourth-order valence-electron chi connectivity index (χ4n) is 3.42. The minimum absolute atomic E-state index is 0.106. The van der Waals surface area contributed by atoms with Gasteiger partial charge in [0, 0.05) is 0 Å². The van der Waals surface area contributed by atoms with Crippen LogP contribution in [0, 0.1) is 0 Å². The maximum Gasteiger partial charge on any atom is 0.224 e. The van der Waals surface area contributed by atoms with E-state index in [1.165, 1.54) is 26.4 Å². The second-order valence-corrected chi connectivity index (χ2v) is 7.72. The van der Waals surface area contributed by atoms with Crippen molar-refractivity contribution < 1.29 is 28.2 Å². The minimum atomic E-state index is -0.372. The molecule has 0 radical (unpaired) electrons. The predicted octanol–water partition coefficient (Wildman–Crippen LogP) is 6.25. The van der Waals surface area contributed by atoms with Gasteiger partial charge < -0.3 is 24.3 Å². The van der Waals surface area contributed by atoms with Gasteiger partial charge in [0.15, 0.2) is 11.5 Å². The van der Waals surface area contributed by atoms with Gasteiger partial charge in [-0.05, 0) is 79.3 Å². The number of allylic oxidation sites excluding steroid dienone is 10. The highest BCUT2D eigenvalue weighted by Gasteiger charge is 2.24. The van der Waals surface area contributed by atoms with E-state index in [9.17, 15) is 14.3 Å². The summed E-state index contributed by atoms with van der Waals surface area (Å²) < 4.78 is 29.7. The zero-order valence-electron chi connectivity index (χ0n) is 20.3. The third kappa shape index (κ3) is 7.13. The molecule has 182 valence electrons. The SMILES string of the molecule is C=C(/C=C1\C/C(=C\C(F)=C/C)C(CC(=O)NCc2ccco2)=C1C)/C=C(OC)\C(O)=C(/C)OC. The highest BCUT2D eigenvalue weighted by Crippen LogP contribution is 2.39. The smallest absolute Gasteiger partial charge is 0.224 e. The number of rotatable bonds is 10. The number of furan rings is 1. The zero-order chi connectivity index (χ0) is 25.3. The monoisotopic (exact) mass is 469 g/mol. The van der Waals surface area contributed by atoms with Crippen molar-refractivity contribution in [2.75, 3.05) is 14.2 Å². The Bertz CT molecular complexity index is 1100. The summed E-state index contributed by atoms with van der Waals surface area (Å²) in [7, 11) is 2.89. The van der Waals surface area contributed by atoms with Gasteiger partial charge in [0.25, 0.3) is 0 Å². The summed E-state index contributed by atoms with van der Waals surface area (Å²) in [5.41, 5.74) is 3.84. The summed E-state index contributed by atoms with van der Waals surface area (Å²) in [5, 5.41) is 13.1. The van der Waals surface area contributed by atoms with Crippen molar-refractivity contribution in [2.45, 2.75) is 40.2 Å². The van der Waals surface area contributed by atoms with E-state index < -0.39 is 0 Å². The number of ether oxygens (including phenoxy) is 2. The second-order valence-electron chi connectivity index (χ2n) is 7.72. The average molecular weight is 470 g/mol. The molecule has 2 rings (SSSR count). The van der Waals surface area contributed by atoms with Crippen molar-refractivity contribution in [1.82, 2.24) is 5.32 Å². The summed E-state index contributed by atoms with van der Waals surface area (Å²) in [6.45, 7) is 9.44. The Hall–Kier alpha value is -3.74. The molecule has 34 heavy (non-hydrogen) atoms. The molecule has 6 nitrogen and oxygen atoms in total. The number of nitrogens with one attached hydrogen (secondary N) is 1. The van der Waals surface area contributed by atoms with Gasteiger partial charge in [0.2, 0.25) is 5.91 Å². The molecule has 1 amide bonds. The molecule has 1 aromatic rings. The summed E-state index contributed by atoms with van der Waals surface area (Å²) in [5.74, 6) is 0.467. The molecule has 0 atom stereocenters. The van der Waals surface area contributed by atoms with Gasteiger partial charge in [-0.1, -0.05) is 18.7 Å². The summed E-state index contributed by atoms with van der Waals surface area (Å²) >= 11 is 0. The summed E-state index contributed by atoms with van der Waals surface area (Å²) in [4.78, 5) is 12.6. The Morgan fingerprint density at radius 1 is 1.29 bits per heavy atom. The molecule has 7 heteroatoms. The fourth-order valence-corrected chi connectivity index (χ4v) is 3.42. The number of carbonyl (C=O) groups is 1. The molecular weight excluding hydrogens is 437 g/mol. The zero-order valence-corrected chi connectivity index (χ0v) is 20.3. The highest BCUT2D eigenvalue weighted by atomic mass is 19.1. The summed E-state index contributed by atoms with van der Waals surface area (Å²) in [6, 6.07) is 3.54. The van der Waals surface area contributed by atoms with Gasteiger partial charge in [-0.2, -0.15) is 0 Å². The Labute approximate surface area is 200 Å². The lowest BCUT2D eigenvalue weighted by Crippen LogP contribution is -2.22. The molecule has 1 aliphatic carbocycles. The van der Waals surface area contributed by atoms with Crippen LogP contribution in [-0.2, 0) is 20.8 Å². The first kappa shape index (κ1) is 26.5. The molecule has 0 saturated carbocycles. The molecule has 0 spiro atoms. The molecule has 0 fully saturated rings. The van der Waals surface area contributed by atoms with Crippen LogP contribution in [0.5, 0.6) is 0 Å². The quantitative estimate of drug-likeness (QED) is 0.312. The van der Waals surface area contributed by atoms with E-state index >= 15 is 0 Å². The van der Waals surface area contributed by atoms with Crippen LogP contribution in [0.1, 0.15) is 39.4 Å². The summed E-state index contributed by atoms with van der Waals surface area (Å²) in [6.07, 6.45) is 8.34. The van der Waals surface area contributed by atoms with Crippen LogP contribution in [-0.4, -0.2) is 25.2 Å².